The highest BCUT2D eigenvalue weighted by atomic mass is 16.5. The first-order valence-electron chi connectivity index (χ1n) is 22.5. The number of aromatic nitrogens is 5. The van der Waals surface area contributed by atoms with Gasteiger partial charge in [0.05, 0.1) is 73.4 Å². The zero-order valence-corrected chi connectivity index (χ0v) is 35.7. The van der Waals surface area contributed by atoms with Gasteiger partial charge in [0.1, 0.15) is 11.5 Å². The van der Waals surface area contributed by atoms with E-state index in [2.05, 4.69) is 190 Å². The highest BCUT2D eigenvalue weighted by Crippen LogP contribution is 2.62. The van der Waals surface area contributed by atoms with Gasteiger partial charge in [-0.05, 0) is 90.5 Å². The smallest absolute Gasteiger partial charge is 0.134 e. The van der Waals surface area contributed by atoms with Crippen LogP contribution in [0.5, 0.6) is 11.5 Å². The summed E-state index contributed by atoms with van der Waals surface area (Å²) in [4.78, 5) is 10.4. The van der Waals surface area contributed by atoms with E-state index in [1.54, 1.807) is 0 Å². The second kappa shape index (κ2) is 13.2. The lowest BCUT2D eigenvalue weighted by atomic mass is 9.66. The number of rotatable bonds is 3. The second-order valence-electron chi connectivity index (χ2n) is 17.6. The highest BCUT2D eigenvalue weighted by Gasteiger charge is 2.52. The molecule has 1 spiro atoms. The Kier molecular flexibility index (Phi) is 7.10. The first kappa shape index (κ1) is 36.1. The Hall–Kier alpha value is -9.25. The largest absolute Gasteiger partial charge is 0.457 e. The van der Waals surface area contributed by atoms with Crippen LogP contribution in [0.15, 0.2) is 207 Å². The third kappa shape index (κ3) is 4.68. The molecule has 15 rings (SSSR count). The lowest BCUT2D eigenvalue weighted by Gasteiger charge is -2.39. The molecule has 1 atom stereocenters. The van der Waals surface area contributed by atoms with Gasteiger partial charge >= 0.3 is 0 Å². The van der Waals surface area contributed by atoms with Gasteiger partial charge in [-0.1, -0.05) is 103 Å². The zero-order valence-electron chi connectivity index (χ0n) is 35.7. The summed E-state index contributed by atoms with van der Waals surface area (Å²) in [6.07, 6.45) is 3.86. The summed E-state index contributed by atoms with van der Waals surface area (Å²) in [7, 11) is 0. The summed E-state index contributed by atoms with van der Waals surface area (Å²) in [5.74, 6) is 1.54. The lowest BCUT2D eigenvalue weighted by molar-refractivity contribution is 0.436. The lowest BCUT2D eigenvalue weighted by Crippen LogP contribution is -2.32. The molecule has 0 bridgehead atoms. The SMILES string of the molecule is N#Cc1ccc2c(c1)c1cc(-n3c4ccccc4c4ccccc43)ccc1n2-c1ccc2c(c1)Oc1ccccc1C21c2cccnc2-c2ncc(-n3c4ccccc4c4ccccc43)cc21. The van der Waals surface area contributed by atoms with Crippen LogP contribution in [0.3, 0.4) is 0 Å². The summed E-state index contributed by atoms with van der Waals surface area (Å²) < 4.78 is 14.0. The molecule has 1 unspecified atom stereocenters. The Morgan fingerprint density at radius 3 is 1.57 bits per heavy atom. The fraction of sp³-hybridized carbons (Fsp3) is 0.0167. The number of nitrogens with zero attached hydrogens (tertiary/aromatic N) is 6. The molecule has 310 valence electrons. The molecule has 0 radical (unpaired) electrons. The van der Waals surface area contributed by atoms with Crippen molar-refractivity contribution >= 4 is 65.4 Å². The van der Waals surface area contributed by atoms with Crippen molar-refractivity contribution in [1.29, 1.82) is 5.26 Å². The number of hydrogen-bond acceptors (Lipinski definition) is 4. The standard InChI is InChI=1S/C60H34N6O/c61-34-36-23-27-54-44(30-36)45-31-37(64-50-18-6-1-12-40(50)41-13-2-7-19-51(41)64)25-28-55(45)65(54)38-24-26-47-57(33-38)67-56-22-10-5-16-46(56)60(47)48-17-11-29-62-58(48)59-49(60)32-39(35-63-59)66-52-20-8-3-14-42(52)43-15-4-9-21-53(43)66/h1-33,35H. The van der Waals surface area contributed by atoms with Gasteiger partial charge in [0.2, 0.25) is 0 Å². The number of pyridine rings is 2. The number of benzene rings is 8. The third-order valence-electron chi connectivity index (χ3n) is 14.4. The van der Waals surface area contributed by atoms with E-state index in [1.807, 2.05) is 36.7 Å². The Balaban J connectivity index is 0.971. The third-order valence-corrected chi connectivity index (χ3v) is 14.4. The minimum absolute atomic E-state index is 0.613. The number of para-hydroxylation sites is 5. The highest BCUT2D eigenvalue weighted by molar-refractivity contribution is 6.13. The molecule has 0 N–H and O–H groups in total. The molecule has 13 aromatic rings. The van der Waals surface area contributed by atoms with Crippen LogP contribution in [0.1, 0.15) is 27.8 Å². The Labute approximate surface area is 383 Å². The van der Waals surface area contributed by atoms with Gasteiger partial charge in [-0.2, -0.15) is 5.26 Å². The van der Waals surface area contributed by atoms with E-state index in [-0.39, 0.29) is 0 Å². The molecule has 0 amide bonds. The fourth-order valence-electron chi connectivity index (χ4n) is 11.7. The van der Waals surface area contributed by atoms with E-state index >= 15 is 0 Å². The molecule has 6 heterocycles. The van der Waals surface area contributed by atoms with Gasteiger partial charge in [-0.3, -0.25) is 9.97 Å². The van der Waals surface area contributed by atoms with Crippen LogP contribution >= 0.6 is 0 Å². The van der Waals surface area contributed by atoms with Crippen LogP contribution in [0, 0.1) is 11.3 Å². The molecule has 2 aliphatic rings. The summed E-state index contributed by atoms with van der Waals surface area (Å²) >= 11 is 0. The average molecular weight is 855 g/mol. The molecule has 1 aliphatic carbocycles. The molecule has 8 aromatic carbocycles. The summed E-state index contributed by atoms with van der Waals surface area (Å²) in [5, 5.41) is 17.0. The van der Waals surface area contributed by atoms with Crippen molar-refractivity contribution in [3.8, 4) is 46.0 Å². The topological polar surface area (TPSA) is 73.6 Å². The van der Waals surface area contributed by atoms with Crippen molar-refractivity contribution in [2.45, 2.75) is 5.41 Å². The first-order valence-corrected chi connectivity index (χ1v) is 22.5. The van der Waals surface area contributed by atoms with Crippen molar-refractivity contribution in [2.24, 2.45) is 0 Å². The van der Waals surface area contributed by atoms with E-state index in [1.165, 1.54) is 21.5 Å². The van der Waals surface area contributed by atoms with E-state index in [0.29, 0.717) is 5.56 Å². The van der Waals surface area contributed by atoms with Crippen LogP contribution in [-0.4, -0.2) is 23.7 Å². The molecule has 0 saturated carbocycles. The minimum atomic E-state index is -0.789. The summed E-state index contributed by atoms with van der Waals surface area (Å²) in [5.41, 5.74) is 15.3. The van der Waals surface area contributed by atoms with Crippen LogP contribution in [0.25, 0.3) is 93.9 Å². The summed E-state index contributed by atoms with van der Waals surface area (Å²) in [6, 6.07) is 71.1. The van der Waals surface area contributed by atoms with E-state index in [0.717, 1.165) is 106 Å². The maximum absolute atomic E-state index is 10.2. The predicted octanol–water partition coefficient (Wildman–Crippen LogP) is 14.1. The fourth-order valence-corrected chi connectivity index (χ4v) is 11.7. The van der Waals surface area contributed by atoms with Gasteiger partial charge in [-0.25, -0.2) is 0 Å². The molecular weight excluding hydrogens is 821 g/mol. The van der Waals surface area contributed by atoms with E-state index < -0.39 is 5.41 Å². The number of nitriles is 1. The van der Waals surface area contributed by atoms with E-state index in [4.69, 9.17) is 14.7 Å². The minimum Gasteiger partial charge on any atom is -0.457 e. The molecule has 0 fully saturated rings. The van der Waals surface area contributed by atoms with Gasteiger partial charge in [0.25, 0.3) is 0 Å². The number of fused-ring (bicyclic) bond motifs is 18. The van der Waals surface area contributed by atoms with Crippen molar-refractivity contribution < 1.29 is 4.74 Å². The van der Waals surface area contributed by atoms with E-state index in [9.17, 15) is 5.26 Å². The van der Waals surface area contributed by atoms with Gasteiger partial charge in [0.15, 0.2) is 0 Å². The van der Waals surface area contributed by atoms with Crippen LogP contribution in [0.4, 0.5) is 0 Å². The van der Waals surface area contributed by atoms with Gasteiger partial charge in [0, 0.05) is 72.6 Å². The second-order valence-corrected chi connectivity index (χ2v) is 17.6. The van der Waals surface area contributed by atoms with Crippen molar-refractivity contribution in [3.63, 3.8) is 0 Å². The van der Waals surface area contributed by atoms with Crippen molar-refractivity contribution in [3.05, 3.63) is 234 Å². The normalized spacial score (nSPS) is 14.7. The summed E-state index contributed by atoms with van der Waals surface area (Å²) in [6.45, 7) is 0. The van der Waals surface area contributed by atoms with Crippen LogP contribution in [0.2, 0.25) is 0 Å². The zero-order chi connectivity index (χ0) is 44.0. The first-order chi connectivity index (χ1) is 33.2. The van der Waals surface area contributed by atoms with Gasteiger partial charge in [-0.15, -0.1) is 0 Å². The predicted molar refractivity (Wildman–Crippen MR) is 267 cm³/mol. The molecular formula is C60H34N6O. The van der Waals surface area contributed by atoms with Crippen LogP contribution < -0.4 is 4.74 Å². The Bertz CT molecular complexity index is 4250. The Morgan fingerprint density at radius 1 is 0.388 bits per heavy atom. The monoisotopic (exact) mass is 854 g/mol. The number of ether oxygens (including phenoxy) is 1. The van der Waals surface area contributed by atoms with Crippen molar-refractivity contribution in [1.82, 2.24) is 23.7 Å². The molecule has 67 heavy (non-hydrogen) atoms. The molecule has 1 aliphatic heterocycles. The molecule has 5 aromatic heterocycles. The quantitative estimate of drug-likeness (QED) is 0.177. The average Bonchev–Trinajstić information content (AvgIpc) is 4.10. The van der Waals surface area contributed by atoms with Crippen LogP contribution in [-0.2, 0) is 5.41 Å². The molecule has 0 saturated heterocycles. The molecule has 7 heteroatoms. The molecule has 7 nitrogen and oxygen atoms in total. The number of hydrogen-bond donors (Lipinski definition) is 0. The van der Waals surface area contributed by atoms with Crippen molar-refractivity contribution in [2.75, 3.05) is 0 Å². The Morgan fingerprint density at radius 2 is 0.896 bits per heavy atom. The maximum atomic E-state index is 10.2. The maximum Gasteiger partial charge on any atom is 0.134 e. The van der Waals surface area contributed by atoms with Gasteiger partial charge < -0.3 is 18.4 Å².